The predicted molar refractivity (Wildman–Crippen MR) is 68.8 cm³/mol. The van der Waals surface area contributed by atoms with E-state index in [0.29, 0.717) is 5.41 Å². The molecule has 0 unspecified atom stereocenters. The lowest BCUT2D eigenvalue weighted by atomic mass is 9.56. The van der Waals surface area contributed by atoms with Crippen molar-refractivity contribution in [1.29, 1.82) is 0 Å². The van der Waals surface area contributed by atoms with E-state index in [2.05, 4.69) is 19.2 Å². The zero-order chi connectivity index (χ0) is 12.6. The second-order valence-electron chi connectivity index (χ2n) is 6.88. The Labute approximate surface area is 105 Å². The maximum atomic E-state index is 10.9. The van der Waals surface area contributed by atoms with E-state index < -0.39 is 5.60 Å². The Morgan fingerprint density at radius 1 is 0.941 bits per heavy atom. The summed E-state index contributed by atoms with van der Waals surface area (Å²) in [5.41, 5.74) is -0.518. The summed E-state index contributed by atoms with van der Waals surface area (Å²) in [4.78, 5) is 0. The van der Waals surface area contributed by atoms with Gasteiger partial charge in [-0.3, -0.25) is 0 Å². The van der Waals surface area contributed by atoms with Crippen LogP contribution in [0, 0.1) is 10.8 Å². The van der Waals surface area contributed by atoms with E-state index in [-0.39, 0.29) is 12.0 Å². The Balaban J connectivity index is 2.14. The third-order valence-corrected chi connectivity index (χ3v) is 5.28. The number of rotatable bonds is 2. The zero-order valence-electron chi connectivity index (χ0n) is 11.3. The van der Waals surface area contributed by atoms with Gasteiger partial charge in [0.2, 0.25) is 0 Å². The van der Waals surface area contributed by atoms with Gasteiger partial charge in [0, 0.05) is 5.41 Å². The summed E-state index contributed by atoms with van der Waals surface area (Å²) in [6, 6.07) is 0. The number of piperidine rings is 1. The van der Waals surface area contributed by atoms with Crippen LogP contribution in [-0.4, -0.2) is 35.5 Å². The minimum absolute atomic E-state index is 0.138. The molecule has 0 atom stereocenters. The van der Waals surface area contributed by atoms with E-state index >= 15 is 0 Å². The number of aliphatic hydroxyl groups excluding tert-OH is 1. The molecule has 0 radical (unpaired) electrons. The molecule has 0 amide bonds. The van der Waals surface area contributed by atoms with E-state index in [9.17, 15) is 10.2 Å². The molecule has 0 bridgehead atoms. The summed E-state index contributed by atoms with van der Waals surface area (Å²) < 4.78 is 0. The van der Waals surface area contributed by atoms with Gasteiger partial charge >= 0.3 is 0 Å². The van der Waals surface area contributed by atoms with Crippen LogP contribution in [0.5, 0.6) is 0 Å². The Bertz CT molecular complexity index is 259. The fourth-order valence-corrected chi connectivity index (χ4v) is 3.55. The molecule has 1 aliphatic heterocycles. The summed E-state index contributed by atoms with van der Waals surface area (Å²) in [7, 11) is 0. The van der Waals surface area contributed by atoms with Crippen molar-refractivity contribution in [1.82, 2.24) is 5.32 Å². The average Bonchev–Trinajstić information content (AvgIpc) is 2.30. The molecule has 1 saturated heterocycles. The van der Waals surface area contributed by atoms with Crippen LogP contribution in [0.25, 0.3) is 0 Å². The molecule has 17 heavy (non-hydrogen) atoms. The zero-order valence-corrected chi connectivity index (χ0v) is 11.3. The van der Waals surface area contributed by atoms with Crippen molar-refractivity contribution in [3.63, 3.8) is 0 Å². The summed E-state index contributed by atoms with van der Waals surface area (Å²) >= 11 is 0. The van der Waals surface area contributed by atoms with Crippen molar-refractivity contribution in [2.24, 2.45) is 10.8 Å². The highest BCUT2D eigenvalue weighted by Crippen LogP contribution is 2.52. The van der Waals surface area contributed by atoms with Crippen LogP contribution in [0.2, 0.25) is 0 Å². The lowest BCUT2D eigenvalue weighted by Gasteiger charge is -2.53. The van der Waals surface area contributed by atoms with Gasteiger partial charge in [0.1, 0.15) is 0 Å². The highest BCUT2D eigenvalue weighted by Gasteiger charge is 2.52. The third kappa shape index (κ3) is 2.38. The van der Waals surface area contributed by atoms with Crippen LogP contribution in [0.15, 0.2) is 0 Å². The second-order valence-corrected chi connectivity index (χ2v) is 6.88. The molecule has 3 nitrogen and oxygen atoms in total. The number of hydrogen-bond acceptors (Lipinski definition) is 3. The van der Waals surface area contributed by atoms with Crippen molar-refractivity contribution in [3.05, 3.63) is 0 Å². The Hall–Kier alpha value is -0.120. The van der Waals surface area contributed by atoms with Gasteiger partial charge in [0.05, 0.1) is 12.2 Å². The standard InChI is InChI=1S/C14H27NO2/c1-12(2)3-5-13(11-16,6-4-12)14(17)7-9-15-10-8-14/h15-17H,3-11H2,1-2H3. The predicted octanol–water partition coefficient (Wildman–Crippen LogP) is 1.68. The first-order chi connectivity index (χ1) is 7.93. The first-order valence-corrected chi connectivity index (χ1v) is 6.97. The molecule has 1 aliphatic carbocycles. The topological polar surface area (TPSA) is 52.5 Å². The van der Waals surface area contributed by atoms with Crippen LogP contribution in [0.1, 0.15) is 52.4 Å². The summed E-state index contributed by atoms with van der Waals surface area (Å²) in [6.45, 7) is 6.48. The lowest BCUT2D eigenvalue weighted by Crippen LogP contribution is -2.57. The van der Waals surface area contributed by atoms with E-state index in [1.165, 1.54) is 0 Å². The molecule has 3 N–H and O–H groups in total. The highest BCUT2D eigenvalue weighted by atomic mass is 16.3. The van der Waals surface area contributed by atoms with E-state index in [4.69, 9.17) is 0 Å². The number of aliphatic hydroxyl groups is 2. The molecule has 2 aliphatic rings. The molecule has 1 heterocycles. The second kappa shape index (κ2) is 4.52. The Morgan fingerprint density at radius 3 is 1.94 bits per heavy atom. The molecule has 1 saturated carbocycles. The largest absolute Gasteiger partial charge is 0.396 e. The first kappa shape index (κ1) is 13.3. The molecule has 0 aromatic heterocycles. The van der Waals surface area contributed by atoms with E-state index in [1.807, 2.05) is 0 Å². The highest BCUT2D eigenvalue weighted by molar-refractivity contribution is 5.04. The monoisotopic (exact) mass is 241 g/mol. The molecule has 0 aromatic rings. The number of hydrogen-bond donors (Lipinski definition) is 3. The molecular weight excluding hydrogens is 214 g/mol. The Kier molecular flexibility index (Phi) is 3.54. The fraction of sp³-hybridized carbons (Fsp3) is 1.00. The summed E-state index contributed by atoms with van der Waals surface area (Å²) in [5.74, 6) is 0. The molecular formula is C14H27NO2. The van der Waals surface area contributed by atoms with Crippen LogP contribution in [0.4, 0.5) is 0 Å². The maximum Gasteiger partial charge on any atom is 0.0749 e. The van der Waals surface area contributed by atoms with Gasteiger partial charge < -0.3 is 15.5 Å². The maximum absolute atomic E-state index is 10.9. The number of nitrogens with one attached hydrogen (secondary N) is 1. The SMILES string of the molecule is CC1(C)CCC(CO)(C2(O)CCNCC2)CC1. The van der Waals surface area contributed by atoms with Crippen molar-refractivity contribution < 1.29 is 10.2 Å². The van der Waals surface area contributed by atoms with Gasteiger partial charge in [-0.1, -0.05) is 13.8 Å². The summed E-state index contributed by atoms with van der Waals surface area (Å²) in [6.07, 6.45) is 5.73. The van der Waals surface area contributed by atoms with Gasteiger partial charge in [-0.05, 0) is 57.0 Å². The lowest BCUT2D eigenvalue weighted by molar-refractivity contribution is -0.152. The minimum atomic E-state index is -0.649. The normalized spacial score (nSPS) is 31.1. The molecule has 2 fully saturated rings. The van der Waals surface area contributed by atoms with Gasteiger partial charge in [0.25, 0.3) is 0 Å². The quantitative estimate of drug-likeness (QED) is 0.689. The van der Waals surface area contributed by atoms with Gasteiger partial charge in [0.15, 0.2) is 0 Å². The van der Waals surface area contributed by atoms with Crippen molar-refractivity contribution in [2.45, 2.75) is 58.0 Å². The van der Waals surface area contributed by atoms with Crippen molar-refractivity contribution in [2.75, 3.05) is 19.7 Å². The van der Waals surface area contributed by atoms with Crippen molar-refractivity contribution in [3.8, 4) is 0 Å². The van der Waals surface area contributed by atoms with Crippen LogP contribution in [0.3, 0.4) is 0 Å². The third-order valence-electron chi connectivity index (χ3n) is 5.28. The van der Waals surface area contributed by atoms with E-state index in [1.54, 1.807) is 0 Å². The molecule has 0 spiro atoms. The minimum Gasteiger partial charge on any atom is -0.396 e. The van der Waals surface area contributed by atoms with Gasteiger partial charge in [-0.25, -0.2) is 0 Å². The van der Waals surface area contributed by atoms with Crippen molar-refractivity contribution >= 4 is 0 Å². The van der Waals surface area contributed by atoms with Gasteiger partial charge in [-0.15, -0.1) is 0 Å². The Morgan fingerprint density at radius 2 is 1.47 bits per heavy atom. The summed E-state index contributed by atoms with van der Waals surface area (Å²) in [5, 5.41) is 24.1. The first-order valence-electron chi connectivity index (χ1n) is 6.97. The molecule has 100 valence electrons. The van der Waals surface area contributed by atoms with Crippen LogP contribution in [-0.2, 0) is 0 Å². The molecule has 3 heteroatoms. The van der Waals surface area contributed by atoms with Crippen LogP contribution >= 0.6 is 0 Å². The molecule has 2 rings (SSSR count). The average molecular weight is 241 g/mol. The van der Waals surface area contributed by atoms with E-state index in [0.717, 1.165) is 51.6 Å². The van der Waals surface area contributed by atoms with Gasteiger partial charge in [-0.2, -0.15) is 0 Å². The van der Waals surface area contributed by atoms with Crippen LogP contribution < -0.4 is 5.32 Å². The smallest absolute Gasteiger partial charge is 0.0749 e. The fourth-order valence-electron chi connectivity index (χ4n) is 3.55. The molecule has 0 aromatic carbocycles.